The van der Waals surface area contributed by atoms with Gasteiger partial charge in [-0.25, -0.2) is 4.79 Å². The van der Waals surface area contributed by atoms with Crippen LogP contribution in [0.1, 0.15) is 60.3 Å². The number of carbonyl (C=O) groups excluding carboxylic acids is 1. The average Bonchev–Trinajstić information content (AvgIpc) is 2.51. The summed E-state index contributed by atoms with van der Waals surface area (Å²) in [5.41, 5.74) is -0.427. The van der Waals surface area contributed by atoms with E-state index < -0.39 is 5.60 Å². The van der Waals surface area contributed by atoms with Gasteiger partial charge in [-0.2, -0.15) is 0 Å². The molecule has 1 aliphatic heterocycles. The monoisotopic (exact) mass is 468 g/mol. The molecule has 0 atom stereocenters. The number of guanidine groups is 1. The Balaban J connectivity index is 0.00000576. The Morgan fingerprint density at radius 2 is 1.84 bits per heavy atom. The number of nitrogens with zero attached hydrogens (tertiary/aromatic N) is 2. The number of aliphatic imine (C=N–C) groups is 1. The predicted octanol–water partition coefficient (Wildman–Crippen LogP) is 3.61. The van der Waals surface area contributed by atoms with Gasteiger partial charge in [0.1, 0.15) is 5.60 Å². The second-order valence-corrected chi connectivity index (χ2v) is 7.41. The van der Waals surface area contributed by atoms with Gasteiger partial charge < -0.3 is 20.3 Å². The fourth-order valence-corrected chi connectivity index (χ4v) is 2.57. The molecule has 1 amide bonds. The number of unbranched alkanes of at least 4 members (excludes halogenated alkanes) is 1. The number of hydrogen-bond donors (Lipinski definition) is 2. The number of hydrogen-bond acceptors (Lipinski definition) is 3. The highest BCUT2D eigenvalue weighted by molar-refractivity contribution is 14.0. The predicted molar refractivity (Wildman–Crippen MR) is 115 cm³/mol. The molecule has 0 aromatic heterocycles. The molecule has 1 heterocycles. The summed E-state index contributed by atoms with van der Waals surface area (Å²) in [6.07, 6.45) is 4.10. The third-order valence-corrected chi connectivity index (χ3v) is 3.94. The van der Waals surface area contributed by atoms with Crippen LogP contribution >= 0.6 is 24.0 Å². The van der Waals surface area contributed by atoms with E-state index in [1.807, 2.05) is 25.7 Å². The molecular weight excluding hydrogens is 431 g/mol. The van der Waals surface area contributed by atoms with E-state index in [2.05, 4.69) is 24.5 Å². The van der Waals surface area contributed by atoms with Crippen molar-refractivity contribution in [1.29, 1.82) is 0 Å². The van der Waals surface area contributed by atoms with Crippen molar-refractivity contribution in [2.45, 2.75) is 65.9 Å². The summed E-state index contributed by atoms with van der Waals surface area (Å²) in [6.45, 7) is 14.1. The van der Waals surface area contributed by atoms with Crippen molar-refractivity contribution < 1.29 is 9.53 Å². The van der Waals surface area contributed by atoms with E-state index in [4.69, 9.17) is 9.73 Å². The lowest BCUT2D eigenvalue weighted by Gasteiger charge is -2.33. The summed E-state index contributed by atoms with van der Waals surface area (Å²) in [4.78, 5) is 18.6. The summed E-state index contributed by atoms with van der Waals surface area (Å²) in [5, 5.41) is 6.66. The minimum Gasteiger partial charge on any atom is -0.444 e. The standard InChI is InChI=1S/C18H36N4O2.HI/c1-6-8-11-20-16(19-7-2)21-14-15-9-12-22(13-10-15)17(23)24-18(3,4)5;/h15H,6-14H2,1-5H3,(H2,19,20,21);1H. The molecule has 148 valence electrons. The average molecular weight is 468 g/mol. The van der Waals surface area contributed by atoms with Crippen LogP contribution in [0, 0.1) is 5.92 Å². The van der Waals surface area contributed by atoms with E-state index in [9.17, 15) is 4.79 Å². The maximum atomic E-state index is 12.1. The highest BCUT2D eigenvalue weighted by Crippen LogP contribution is 2.19. The van der Waals surface area contributed by atoms with Crippen LogP contribution in [0.5, 0.6) is 0 Å². The van der Waals surface area contributed by atoms with Crippen molar-refractivity contribution in [1.82, 2.24) is 15.5 Å². The van der Waals surface area contributed by atoms with Crippen molar-refractivity contribution in [3.8, 4) is 0 Å². The summed E-state index contributed by atoms with van der Waals surface area (Å²) in [5.74, 6) is 1.44. The largest absolute Gasteiger partial charge is 0.444 e. The minimum atomic E-state index is -0.427. The molecule has 1 saturated heterocycles. The number of nitrogens with one attached hydrogen (secondary N) is 2. The zero-order valence-electron chi connectivity index (χ0n) is 16.6. The molecule has 7 heteroatoms. The van der Waals surface area contributed by atoms with E-state index in [1.165, 1.54) is 6.42 Å². The Labute approximate surface area is 170 Å². The SMILES string of the molecule is CCCCNC(=NCC1CCN(C(=O)OC(C)(C)C)CC1)NCC.I. The van der Waals surface area contributed by atoms with Crippen LogP contribution < -0.4 is 10.6 Å². The van der Waals surface area contributed by atoms with Gasteiger partial charge in [-0.1, -0.05) is 13.3 Å². The number of ether oxygens (including phenoxy) is 1. The molecule has 0 bridgehead atoms. The summed E-state index contributed by atoms with van der Waals surface area (Å²) < 4.78 is 5.44. The molecule has 0 unspecified atom stereocenters. The summed E-state index contributed by atoms with van der Waals surface area (Å²) in [6, 6.07) is 0. The molecule has 6 nitrogen and oxygen atoms in total. The molecule has 1 fully saturated rings. The van der Waals surface area contributed by atoms with Gasteiger partial charge in [0.15, 0.2) is 5.96 Å². The van der Waals surface area contributed by atoms with Crippen LogP contribution in [-0.4, -0.2) is 55.3 Å². The Morgan fingerprint density at radius 1 is 1.20 bits per heavy atom. The molecule has 0 saturated carbocycles. The fraction of sp³-hybridized carbons (Fsp3) is 0.889. The Kier molecular flexibility index (Phi) is 12.2. The maximum absolute atomic E-state index is 12.1. The minimum absolute atomic E-state index is 0. The quantitative estimate of drug-likeness (QED) is 0.271. The van der Waals surface area contributed by atoms with Gasteiger partial charge in [0.25, 0.3) is 0 Å². The smallest absolute Gasteiger partial charge is 0.410 e. The number of halogens is 1. The van der Waals surface area contributed by atoms with E-state index >= 15 is 0 Å². The van der Waals surface area contributed by atoms with Crippen molar-refractivity contribution in [3.63, 3.8) is 0 Å². The van der Waals surface area contributed by atoms with Crippen LogP contribution in [0.25, 0.3) is 0 Å². The summed E-state index contributed by atoms with van der Waals surface area (Å²) >= 11 is 0. The molecule has 0 radical (unpaired) electrons. The number of carbonyl (C=O) groups is 1. The second kappa shape index (κ2) is 12.6. The Bertz CT molecular complexity index is 402. The van der Waals surface area contributed by atoms with Gasteiger partial charge in [-0.15, -0.1) is 24.0 Å². The van der Waals surface area contributed by atoms with Crippen molar-refractivity contribution in [2.24, 2.45) is 10.9 Å². The van der Waals surface area contributed by atoms with Gasteiger partial charge in [0.2, 0.25) is 0 Å². The van der Waals surface area contributed by atoms with E-state index in [1.54, 1.807) is 0 Å². The lowest BCUT2D eigenvalue weighted by atomic mass is 9.97. The zero-order chi connectivity index (χ0) is 18.0. The maximum Gasteiger partial charge on any atom is 0.410 e. The first-order valence-electron chi connectivity index (χ1n) is 9.35. The fourth-order valence-electron chi connectivity index (χ4n) is 2.57. The highest BCUT2D eigenvalue weighted by Gasteiger charge is 2.26. The number of rotatable bonds is 6. The van der Waals surface area contributed by atoms with Crippen LogP contribution in [-0.2, 0) is 4.74 Å². The van der Waals surface area contributed by atoms with Crippen molar-refractivity contribution in [3.05, 3.63) is 0 Å². The highest BCUT2D eigenvalue weighted by atomic mass is 127. The first kappa shape index (κ1) is 24.3. The second-order valence-electron chi connectivity index (χ2n) is 7.41. The molecule has 0 spiro atoms. The van der Waals surface area contributed by atoms with Gasteiger partial charge >= 0.3 is 6.09 Å². The Hall–Kier alpha value is -0.730. The van der Waals surface area contributed by atoms with Crippen molar-refractivity contribution in [2.75, 3.05) is 32.7 Å². The topological polar surface area (TPSA) is 66.0 Å². The lowest BCUT2D eigenvalue weighted by Crippen LogP contribution is -2.42. The van der Waals surface area contributed by atoms with Gasteiger partial charge in [-0.3, -0.25) is 4.99 Å². The lowest BCUT2D eigenvalue weighted by molar-refractivity contribution is 0.0187. The molecule has 0 aromatic carbocycles. The first-order valence-corrected chi connectivity index (χ1v) is 9.35. The number of amides is 1. The van der Waals surface area contributed by atoms with E-state index in [0.717, 1.165) is 57.9 Å². The van der Waals surface area contributed by atoms with Crippen LogP contribution in [0.3, 0.4) is 0 Å². The molecule has 1 aliphatic rings. The molecule has 2 N–H and O–H groups in total. The van der Waals surface area contributed by atoms with Crippen LogP contribution in [0.4, 0.5) is 4.79 Å². The molecule has 0 aromatic rings. The van der Waals surface area contributed by atoms with E-state index in [0.29, 0.717) is 5.92 Å². The van der Waals surface area contributed by atoms with Gasteiger partial charge in [0.05, 0.1) is 0 Å². The Morgan fingerprint density at radius 3 is 2.36 bits per heavy atom. The molecular formula is C18H37IN4O2. The van der Waals surface area contributed by atoms with Gasteiger partial charge in [0, 0.05) is 32.7 Å². The number of piperidine rings is 1. The third-order valence-electron chi connectivity index (χ3n) is 3.94. The molecule has 1 rings (SSSR count). The normalized spacial score (nSPS) is 16.2. The van der Waals surface area contributed by atoms with Crippen molar-refractivity contribution >= 4 is 36.0 Å². The summed E-state index contributed by atoms with van der Waals surface area (Å²) in [7, 11) is 0. The molecule has 25 heavy (non-hydrogen) atoms. The third kappa shape index (κ3) is 10.8. The molecule has 0 aliphatic carbocycles. The van der Waals surface area contributed by atoms with E-state index in [-0.39, 0.29) is 30.1 Å². The van der Waals surface area contributed by atoms with Crippen LogP contribution in [0.15, 0.2) is 4.99 Å². The van der Waals surface area contributed by atoms with Gasteiger partial charge in [-0.05, 0) is 52.9 Å². The first-order chi connectivity index (χ1) is 11.4. The zero-order valence-corrected chi connectivity index (χ0v) is 18.9. The number of likely N-dealkylation sites (tertiary alicyclic amines) is 1. The van der Waals surface area contributed by atoms with Crippen LogP contribution in [0.2, 0.25) is 0 Å².